The molecule has 98 valence electrons. The predicted molar refractivity (Wildman–Crippen MR) is 72.4 cm³/mol. The monoisotopic (exact) mass is 265 g/mol. The summed E-state index contributed by atoms with van der Waals surface area (Å²) in [4.78, 5) is 16.2. The van der Waals surface area contributed by atoms with Gasteiger partial charge in [0.2, 0.25) is 5.91 Å². The molecule has 2 aliphatic heterocycles. The minimum absolute atomic E-state index is 0.314. The minimum atomic E-state index is 0.314. The van der Waals surface area contributed by atoms with Crippen LogP contribution in [0.15, 0.2) is 16.8 Å². The van der Waals surface area contributed by atoms with Gasteiger partial charge in [0.15, 0.2) is 0 Å². The van der Waals surface area contributed by atoms with Gasteiger partial charge in [0.1, 0.15) is 0 Å². The van der Waals surface area contributed by atoms with Crippen molar-refractivity contribution in [3.8, 4) is 0 Å². The smallest absolute Gasteiger partial charge is 0.222 e. The standard InChI is InChI=1S/C13H19N3OS/c14-7-12(10-3-6-18-9-10)15-4-5-16-11(8-15)1-2-13(16)17/h3,6,9,11-12H,1-2,4-5,7-8,14H2. The van der Waals surface area contributed by atoms with Gasteiger partial charge in [-0.3, -0.25) is 9.69 Å². The number of rotatable bonds is 3. The summed E-state index contributed by atoms with van der Waals surface area (Å²) in [6, 6.07) is 2.89. The summed E-state index contributed by atoms with van der Waals surface area (Å²) in [5.74, 6) is 0.333. The van der Waals surface area contributed by atoms with Crippen molar-refractivity contribution in [1.29, 1.82) is 0 Å². The second-order valence-electron chi connectivity index (χ2n) is 5.08. The summed E-state index contributed by atoms with van der Waals surface area (Å²) < 4.78 is 0. The van der Waals surface area contributed by atoms with E-state index >= 15 is 0 Å². The molecule has 2 fully saturated rings. The molecule has 1 aromatic rings. The van der Waals surface area contributed by atoms with Crippen molar-refractivity contribution < 1.29 is 4.79 Å². The summed E-state index contributed by atoms with van der Waals surface area (Å²) >= 11 is 1.72. The third kappa shape index (κ3) is 2.06. The molecule has 2 aliphatic rings. The SMILES string of the molecule is NCC(c1ccsc1)N1CCN2C(=O)CCC2C1. The van der Waals surface area contributed by atoms with Crippen molar-refractivity contribution in [2.45, 2.75) is 24.9 Å². The minimum Gasteiger partial charge on any atom is -0.337 e. The van der Waals surface area contributed by atoms with E-state index in [2.05, 4.69) is 26.6 Å². The summed E-state index contributed by atoms with van der Waals surface area (Å²) in [5, 5.41) is 4.29. The van der Waals surface area contributed by atoms with Gasteiger partial charge >= 0.3 is 0 Å². The lowest BCUT2D eigenvalue weighted by Gasteiger charge is -2.41. The number of amides is 1. The highest BCUT2D eigenvalue weighted by molar-refractivity contribution is 7.07. The fourth-order valence-corrected chi connectivity index (χ4v) is 3.84. The maximum Gasteiger partial charge on any atom is 0.222 e. The van der Waals surface area contributed by atoms with Crippen LogP contribution in [-0.4, -0.2) is 47.9 Å². The molecule has 5 heteroatoms. The number of hydrogen-bond acceptors (Lipinski definition) is 4. The van der Waals surface area contributed by atoms with Crippen LogP contribution in [0, 0.1) is 0 Å². The first-order chi connectivity index (χ1) is 8.79. The number of fused-ring (bicyclic) bond motifs is 1. The first-order valence-corrected chi connectivity index (χ1v) is 7.49. The number of carbonyl (C=O) groups is 1. The Morgan fingerprint density at radius 3 is 3.11 bits per heavy atom. The van der Waals surface area contributed by atoms with Crippen molar-refractivity contribution >= 4 is 17.2 Å². The molecular formula is C13H19N3OS. The zero-order valence-corrected chi connectivity index (χ0v) is 11.2. The Balaban J connectivity index is 1.72. The Morgan fingerprint density at radius 1 is 1.50 bits per heavy atom. The van der Waals surface area contributed by atoms with Crippen LogP contribution in [0.2, 0.25) is 0 Å². The summed E-state index contributed by atoms with van der Waals surface area (Å²) in [6.45, 7) is 3.44. The lowest BCUT2D eigenvalue weighted by atomic mass is 10.1. The quantitative estimate of drug-likeness (QED) is 0.889. The molecule has 0 spiro atoms. The molecule has 2 unspecified atom stereocenters. The zero-order valence-electron chi connectivity index (χ0n) is 10.4. The lowest BCUT2D eigenvalue weighted by molar-refractivity contribution is -0.131. The Kier molecular flexibility index (Phi) is 3.37. The molecule has 2 atom stereocenters. The molecule has 0 bridgehead atoms. The normalized spacial score (nSPS) is 26.4. The van der Waals surface area contributed by atoms with Gasteiger partial charge in [-0.25, -0.2) is 0 Å². The highest BCUT2D eigenvalue weighted by Crippen LogP contribution is 2.29. The molecule has 3 rings (SSSR count). The van der Waals surface area contributed by atoms with E-state index in [-0.39, 0.29) is 0 Å². The number of piperazine rings is 1. The second-order valence-corrected chi connectivity index (χ2v) is 5.86. The molecule has 0 aliphatic carbocycles. The van der Waals surface area contributed by atoms with E-state index in [4.69, 9.17) is 5.73 Å². The van der Waals surface area contributed by atoms with E-state index in [9.17, 15) is 4.79 Å². The number of nitrogens with zero attached hydrogens (tertiary/aromatic N) is 2. The van der Waals surface area contributed by atoms with E-state index < -0.39 is 0 Å². The highest BCUT2D eigenvalue weighted by Gasteiger charge is 2.37. The Labute approximate surface area is 111 Å². The third-order valence-corrected chi connectivity index (χ3v) is 4.82. The molecule has 2 N–H and O–H groups in total. The van der Waals surface area contributed by atoms with Gasteiger partial charge in [-0.1, -0.05) is 0 Å². The van der Waals surface area contributed by atoms with Crippen molar-refractivity contribution in [1.82, 2.24) is 9.80 Å². The molecule has 3 heterocycles. The summed E-state index contributed by atoms with van der Waals surface area (Å²) in [6.07, 6.45) is 1.74. The Hall–Kier alpha value is -0.910. The van der Waals surface area contributed by atoms with E-state index in [1.165, 1.54) is 5.56 Å². The van der Waals surface area contributed by atoms with Crippen LogP contribution >= 0.6 is 11.3 Å². The van der Waals surface area contributed by atoms with Crippen molar-refractivity contribution in [2.24, 2.45) is 5.73 Å². The van der Waals surface area contributed by atoms with Crippen molar-refractivity contribution in [3.05, 3.63) is 22.4 Å². The number of hydrogen-bond donors (Lipinski definition) is 1. The van der Waals surface area contributed by atoms with Crippen molar-refractivity contribution in [3.63, 3.8) is 0 Å². The van der Waals surface area contributed by atoms with Gasteiger partial charge in [0, 0.05) is 44.7 Å². The van der Waals surface area contributed by atoms with E-state index in [0.717, 1.165) is 32.5 Å². The first-order valence-electron chi connectivity index (χ1n) is 6.55. The van der Waals surface area contributed by atoms with E-state index in [1.54, 1.807) is 11.3 Å². The average molecular weight is 265 g/mol. The molecule has 0 radical (unpaired) electrons. The molecule has 4 nitrogen and oxygen atoms in total. The average Bonchev–Trinajstić information content (AvgIpc) is 3.01. The molecule has 1 aromatic heterocycles. The fraction of sp³-hybridized carbons (Fsp3) is 0.615. The van der Waals surface area contributed by atoms with Crippen LogP contribution in [0.4, 0.5) is 0 Å². The lowest BCUT2D eigenvalue weighted by Crippen LogP contribution is -2.53. The number of carbonyl (C=O) groups excluding carboxylic acids is 1. The molecule has 1 amide bonds. The number of nitrogens with two attached hydrogens (primary N) is 1. The maximum absolute atomic E-state index is 11.7. The molecule has 18 heavy (non-hydrogen) atoms. The van der Waals surface area contributed by atoms with Crippen LogP contribution in [0.5, 0.6) is 0 Å². The van der Waals surface area contributed by atoms with Crippen molar-refractivity contribution in [2.75, 3.05) is 26.2 Å². The van der Waals surface area contributed by atoms with Crippen LogP contribution in [-0.2, 0) is 4.79 Å². The molecule has 0 aromatic carbocycles. The zero-order chi connectivity index (χ0) is 12.5. The second kappa shape index (κ2) is 4.99. The largest absolute Gasteiger partial charge is 0.337 e. The van der Waals surface area contributed by atoms with Gasteiger partial charge in [0.25, 0.3) is 0 Å². The topological polar surface area (TPSA) is 49.6 Å². The maximum atomic E-state index is 11.7. The third-order valence-electron chi connectivity index (χ3n) is 4.12. The Bertz CT molecular complexity index is 420. The van der Waals surface area contributed by atoms with Crippen LogP contribution in [0.1, 0.15) is 24.4 Å². The highest BCUT2D eigenvalue weighted by atomic mass is 32.1. The van der Waals surface area contributed by atoms with E-state index in [1.807, 2.05) is 0 Å². The summed E-state index contributed by atoms with van der Waals surface area (Å²) in [7, 11) is 0. The summed E-state index contributed by atoms with van der Waals surface area (Å²) in [5.41, 5.74) is 7.26. The van der Waals surface area contributed by atoms with Crippen LogP contribution < -0.4 is 5.73 Å². The Morgan fingerprint density at radius 2 is 2.39 bits per heavy atom. The van der Waals surface area contributed by atoms with Gasteiger partial charge in [-0.15, -0.1) is 0 Å². The van der Waals surface area contributed by atoms with Gasteiger partial charge in [-0.05, 0) is 28.8 Å². The fourth-order valence-electron chi connectivity index (χ4n) is 3.13. The number of thiophene rings is 1. The molecule has 2 saturated heterocycles. The predicted octanol–water partition coefficient (Wildman–Crippen LogP) is 1.05. The van der Waals surface area contributed by atoms with Crippen LogP contribution in [0.25, 0.3) is 0 Å². The molecule has 0 saturated carbocycles. The van der Waals surface area contributed by atoms with Gasteiger partial charge in [0.05, 0.1) is 0 Å². The van der Waals surface area contributed by atoms with E-state index in [0.29, 0.717) is 24.5 Å². The first kappa shape index (κ1) is 12.1. The molecular weight excluding hydrogens is 246 g/mol. The van der Waals surface area contributed by atoms with Gasteiger partial charge in [-0.2, -0.15) is 11.3 Å². The van der Waals surface area contributed by atoms with Crippen LogP contribution in [0.3, 0.4) is 0 Å². The van der Waals surface area contributed by atoms with Gasteiger partial charge < -0.3 is 10.6 Å².